The highest BCUT2D eigenvalue weighted by Gasteiger charge is 2.00. The summed E-state index contributed by atoms with van der Waals surface area (Å²) in [6, 6.07) is 3.00. The Bertz CT molecular complexity index is 433. The molecule has 7 nitrogen and oxygen atoms in total. The smallest absolute Gasteiger partial charge is 0.394 e. The van der Waals surface area contributed by atoms with E-state index in [2.05, 4.69) is 4.98 Å². The van der Waals surface area contributed by atoms with E-state index in [0.717, 1.165) is 5.69 Å². The molecule has 0 aliphatic carbocycles. The van der Waals surface area contributed by atoms with E-state index in [1.54, 1.807) is 6.92 Å². The number of aromatic carboxylic acids is 1. The number of hydrogen-bond acceptors (Lipinski definition) is 4. The summed E-state index contributed by atoms with van der Waals surface area (Å²) in [6.07, 6.45) is 1.48. The first kappa shape index (κ1) is 13.5. The van der Waals surface area contributed by atoms with Gasteiger partial charge in [0.2, 0.25) is 0 Å². The summed E-state index contributed by atoms with van der Waals surface area (Å²) in [5.74, 6) is -0.912. The number of pyridine rings is 1. The van der Waals surface area contributed by atoms with Crippen molar-refractivity contribution in [1.29, 1.82) is 0 Å². The van der Waals surface area contributed by atoms with Crippen molar-refractivity contribution in [3.8, 4) is 0 Å². The SMILES string of the molecule is Cc1cc(C(=O)O)ccn1.O=S(=O)(O)O. The third kappa shape index (κ3) is 8.81. The zero-order valence-electron chi connectivity index (χ0n) is 7.65. The second kappa shape index (κ2) is 5.39. The van der Waals surface area contributed by atoms with Gasteiger partial charge in [-0.25, -0.2) is 4.79 Å². The third-order valence-corrected chi connectivity index (χ3v) is 1.14. The molecule has 0 aliphatic heterocycles. The highest BCUT2D eigenvalue weighted by atomic mass is 32.3. The third-order valence-electron chi connectivity index (χ3n) is 1.14. The molecule has 15 heavy (non-hydrogen) atoms. The maximum absolute atomic E-state index is 10.3. The molecule has 0 saturated carbocycles. The first-order valence-corrected chi connectivity index (χ1v) is 4.95. The number of aryl methyl sites for hydroxylation is 1. The number of carboxylic acids is 1. The second-order valence-corrected chi connectivity index (χ2v) is 3.33. The zero-order valence-corrected chi connectivity index (χ0v) is 8.47. The molecular formula is C7H9NO6S. The molecule has 1 aromatic rings. The van der Waals surface area contributed by atoms with Gasteiger partial charge in [-0.2, -0.15) is 8.42 Å². The Balaban J connectivity index is 0.000000336. The fourth-order valence-corrected chi connectivity index (χ4v) is 0.679. The molecule has 1 heterocycles. The van der Waals surface area contributed by atoms with Gasteiger partial charge < -0.3 is 5.11 Å². The van der Waals surface area contributed by atoms with Crippen molar-refractivity contribution in [2.75, 3.05) is 0 Å². The van der Waals surface area contributed by atoms with Crippen molar-refractivity contribution in [2.45, 2.75) is 6.92 Å². The van der Waals surface area contributed by atoms with Gasteiger partial charge in [-0.15, -0.1) is 0 Å². The van der Waals surface area contributed by atoms with Gasteiger partial charge in [-0.3, -0.25) is 14.1 Å². The van der Waals surface area contributed by atoms with Crippen LogP contribution in [0.5, 0.6) is 0 Å². The lowest BCUT2D eigenvalue weighted by atomic mass is 10.2. The van der Waals surface area contributed by atoms with Gasteiger partial charge in [0.05, 0.1) is 5.56 Å². The maximum atomic E-state index is 10.3. The Labute approximate surface area is 86.0 Å². The Morgan fingerprint density at radius 2 is 1.87 bits per heavy atom. The monoisotopic (exact) mass is 235 g/mol. The van der Waals surface area contributed by atoms with Gasteiger partial charge in [0, 0.05) is 11.9 Å². The van der Waals surface area contributed by atoms with Crippen LogP contribution in [0.3, 0.4) is 0 Å². The molecule has 0 aliphatic rings. The molecule has 84 valence electrons. The first-order valence-electron chi connectivity index (χ1n) is 3.56. The Morgan fingerprint density at radius 3 is 2.13 bits per heavy atom. The lowest BCUT2D eigenvalue weighted by Gasteiger charge is -1.92. The van der Waals surface area contributed by atoms with Crippen LogP contribution in [0.2, 0.25) is 0 Å². The second-order valence-electron chi connectivity index (χ2n) is 2.44. The average Bonchev–Trinajstić information content (AvgIpc) is 2.00. The number of carboxylic acid groups (broad SMARTS) is 1. The molecular weight excluding hydrogens is 226 g/mol. The summed E-state index contributed by atoms with van der Waals surface area (Å²) in [5.41, 5.74) is 1.01. The molecule has 0 aromatic carbocycles. The van der Waals surface area contributed by atoms with Crippen LogP contribution in [-0.2, 0) is 10.4 Å². The number of carbonyl (C=O) groups is 1. The van der Waals surface area contributed by atoms with Gasteiger partial charge in [-0.1, -0.05) is 0 Å². The largest absolute Gasteiger partial charge is 0.478 e. The number of nitrogens with zero attached hydrogens (tertiary/aromatic N) is 1. The maximum Gasteiger partial charge on any atom is 0.394 e. The minimum atomic E-state index is -4.67. The van der Waals surface area contributed by atoms with Crippen LogP contribution in [0.1, 0.15) is 16.1 Å². The van der Waals surface area contributed by atoms with E-state index in [1.165, 1.54) is 18.3 Å². The van der Waals surface area contributed by atoms with Crippen LogP contribution in [0, 0.1) is 6.92 Å². The Morgan fingerprint density at radius 1 is 1.40 bits per heavy atom. The van der Waals surface area contributed by atoms with E-state index in [0.29, 0.717) is 0 Å². The van der Waals surface area contributed by atoms with Crippen LogP contribution in [0.4, 0.5) is 0 Å². The highest BCUT2D eigenvalue weighted by molar-refractivity contribution is 7.79. The minimum Gasteiger partial charge on any atom is -0.478 e. The van der Waals surface area contributed by atoms with E-state index in [-0.39, 0.29) is 5.56 Å². The zero-order chi connectivity index (χ0) is 12.1. The predicted molar refractivity (Wildman–Crippen MR) is 50.1 cm³/mol. The van der Waals surface area contributed by atoms with E-state index in [4.69, 9.17) is 22.6 Å². The van der Waals surface area contributed by atoms with Gasteiger partial charge >= 0.3 is 16.4 Å². The van der Waals surface area contributed by atoms with Crippen LogP contribution < -0.4 is 0 Å². The highest BCUT2D eigenvalue weighted by Crippen LogP contribution is 1.99. The van der Waals surface area contributed by atoms with E-state index >= 15 is 0 Å². The van der Waals surface area contributed by atoms with Crippen molar-refractivity contribution in [3.63, 3.8) is 0 Å². The van der Waals surface area contributed by atoms with E-state index < -0.39 is 16.4 Å². The van der Waals surface area contributed by atoms with Gasteiger partial charge in [0.15, 0.2) is 0 Å². The summed E-state index contributed by atoms with van der Waals surface area (Å²) in [7, 11) is -4.67. The van der Waals surface area contributed by atoms with Crippen molar-refractivity contribution in [3.05, 3.63) is 29.6 Å². The molecule has 0 atom stereocenters. The van der Waals surface area contributed by atoms with E-state index in [9.17, 15) is 4.79 Å². The normalized spacial score (nSPS) is 10.1. The molecule has 8 heteroatoms. The molecule has 0 spiro atoms. The standard InChI is InChI=1S/C7H7NO2.H2O4S/c1-5-4-6(7(9)10)2-3-8-5;1-5(2,3)4/h2-4H,1H3,(H,9,10);(H2,1,2,3,4). The van der Waals surface area contributed by atoms with Crippen molar-refractivity contribution < 1.29 is 27.4 Å². The molecule has 1 aromatic heterocycles. The summed E-state index contributed by atoms with van der Waals surface area (Å²) < 4.78 is 31.6. The van der Waals surface area contributed by atoms with Gasteiger partial charge in [0.25, 0.3) is 0 Å². The summed E-state index contributed by atoms with van der Waals surface area (Å²) in [4.78, 5) is 14.2. The van der Waals surface area contributed by atoms with Gasteiger partial charge in [-0.05, 0) is 19.1 Å². The molecule has 0 unspecified atom stereocenters. The average molecular weight is 235 g/mol. The first-order chi connectivity index (χ1) is 6.70. The number of rotatable bonds is 1. The molecule has 0 saturated heterocycles. The Hall–Kier alpha value is -1.51. The van der Waals surface area contributed by atoms with Crippen molar-refractivity contribution in [2.24, 2.45) is 0 Å². The topological polar surface area (TPSA) is 125 Å². The summed E-state index contributed by atoms with van der Waals surface area (Å²) in [6.45, 7) is 1.76. The van der Waals surface area contributed by atoms with Crippen LogP contribution in [0.15, 0.2) is 18.3 Å². The molecule has 0 fully saturated rings. The minimum absolute atomic E-state index is 0.285. The lowest BCUT2D eigenvalue weighted by molar-refractivity contribution is 0.0696. The number of hydrogen-bond donors (Lipinski definition) is 3. The number of aromatic nitrogens is 1. The molecule has 0 amide bonds. The molecule has 0 bridgehead atoms. The molecule has 0 radical (unpaired) electrons. The molecule has 3 N–H and O–H groups in total. The summed E-state index contributed by atoms with van der Waals surface area (Å²) in [5, 5.41) is 8.48. The fraction of sp³-hybridized carbons (Fsp3) is 0.143. The van der Waals surface area contributed by atoms with E-state index in [1.807, 2.05) is 0 Å². The summed E-state index contributed by atoms with van der Waals surface area (Å²) >= 11 is 0. The van der Waals surface area contributed by atoms with Crippen molar-refractivity contribution >= 4 is 16.4 Å². The Kier molecular flexibility index (Phi) is 4.85. The predicted octanol–water partition coefficient (Wildman–Crippen LogP) is 0.435. The van der Waals surface area contributed by atoms with Crippen LogP contribution in [-0.4, -0.2) is 33.6 Å². The fourth-order valence-electron chi connectivity index (χ4n) is 0.679. The van der Waals surface area contributed by atoms with Gasteiger partial charge in [0.1, 0.15) is 0 Å². The van der Waals surface area contributed by atoms with Crippen LogP contribution in [0.25, 0.3) is 0 Å². The molecule has 1 rings (SSSR count). The lowest BCUT2D eigenvalue weighted by Crippen LogP contribution is -1.96. The van der Waals surface area contributed by atoms with Crippen LogP contribution >= 0.6 is 0 Å². The van der Waals surface area contributed by atoms with Crippen molar-refractivity contribution in [1.82, 2.24) is 4.98 Å². The quantitative estimate of drug-likeness (QED) is 0.603.